The Kier molecular flexibility index (Phi) is 5.26. The first-order chi connectivity index (χ1) is 9.56. The Morgan fingerprint density at radius 1 is 1.20 bits per heavy atom. The second kappa shape index (κ2) is 6.95. The van der Waals surface area contributed by atoms with Crippen LogP contribution in [0.4, 0.5) is 0 Å². The third kappa shape index (κ3) is 4.12. The minimum absolute atomic E-state index is 0.551. The van der Waals surface area contributed by atoms with Crippen LogP contribution in [0.3, 0.4) is 0 Å². The van der Waals surface area contributed by atoms with Crippen LogP contribution >= 0.6 is 11.3 Å². The van der Waals surface area contributed by atoms with E-state index in [1.807, 2.05) is 0 Å². The van der Waals surface area contributed by atoms with Gasteiger partial charge in [-0.2, -0.15) is 0 Å². The molecule has 0 atom stereocenters. The van der Waals surface area contributed by atoms with Gasteiger partial charge in [-0.15, -0.1) is 10.2 Å². The van der Waals surface area contributed by atoms with E-state index in [1.165, 1.54) is 16.7 Å². The lowest BCUT2D eigenvalue weighted by molar-refractivity contribution is 0.569. The number of aromatic nitrogens is 2. The molecule has 0 bridgehead atoms. The Bertz CT molecular complexity index is 561. The molecule has 20 heavy (non-hydrogen) atoms. The maximum atomic E-state index is 4.35. The minimum Gasteiger partial charge on any atom is -0.315 e. The fourth-order valence-corrected chi connectivity index (χ4v) is 3.02. The standard InChI is InChI=1S/C16H23N3S/c1-11(2)17-9-5-6-15-18-19-16(20-15)14-10-12(3)7-8-13(14)4/h7-8,10-11,17H,5-6,9H2,1-4H3. The molecule has 0 spiro atoms. The molecule has 1 N–H and O–H groups in total. The normalized spacial score (nSPS) is 11.2. The van der Waals surface area contributed by atoms with Crippen LogP contribution < -0.4 is 5.32 Å². The summed E-state index contributed by atoms with van der Waals surface area (Å²) in [6.07, 6.45) is 2.11. The van der Waals surface area contributed by atoms with Crippen molar-refractivity contribution in [2.45, 2.75) is 46.6 Å². The summed E-state index contributed by atoms with van der Waals surface area (Å²) in [5, 5.41) is 14.3. The molecule has 0 unspecified atom stereocenters. The van der Waals surface area contributed by atoms with Gasteiger partial charge in [0.05, 0.1) is 0 Å². The van der Waals surface area contributed by atoms with Crippen molar-refractivity contribution in [1.82, 2.24) is 15.5 Å². The van der Waals surface area contributed by atoms with Crippen molar-refractivity contribution in [3.05, 3.63) is 34.3 Å². The third-order valence-corrected chi connectivity index (χ3v) is 4.23. The van der Waals surface area contributed by atoms with Crippen LogP contribution in [0.1, 0.15) is 36.4 Å². The molecule has 0 aliphatic heterocycles. The molecule has 0 saturated carbocycles. The van der Waals surface area contributed by atoms with Gasteiger partial charge in [0.2, 0.25) is 0 Å². The van der Waals surface area contributed by atoms with Gasteiger partial charge >= 0.3 is 0 Å². The van der Waals surface area contributed by atoms with Gasteiger partial charge in [-0.05, 0) is 38.4 Å². The largest absolute Gasteiger partial charge is 0.315 e. The number of benzene rings is 1. The summed E-state index contributed by atoms with van der Waals surface area (Å²) in [5.41, 5.74) is 3.75. The summed E-state index contributed by atoms with van der Waals surface area (Å²) < 4.78 is 0. The van der Waals surface area contributed by atoms with Crippen LogP contribution in [-0.2, 0) is 6.42 Å². The van der Waals surface area contributed by atoms with E-state index in [2.05, 4.69) is 61.4 Å². The highest BCUT2D eigenvalue weighted by atomic mass is 32.1. The Balaban J connectivity index is 2.00. The van der Waals surface area contributed by atoms with E-state index in [9.17, 15) is 0 Å². The molecule has 4 heteroatoms. The zero-order valence-electron chi connectivity index (χ0n) is 12.7. The summed E-state index contributed by atoms with van der Waals surface area (Å²) in [4.78, 5) is 0. The van der Waals surface area contributed by atoms with Crippen molar-refractivity contribution in [2.24, 2.45) is 0 Å². The fraction of sp³-hybridized carbons (Fsp3) is 0.500. The first-order valence-corrected chi connectivity index (χ1v) is 8.01. The second-order valence-electron chi connectivity index (χ2n) is 5.53. The lowest BCUT2D eigenvalue weighted by atomic mass is 10.1. The molecule has 0 fully saturated rings. The highest BCUT2D eigenvalue weighted by Gasteiger charge is 2.09. The molecular formula is C16H23N3S. The van der Waals surface area contributed by atoms with E-state index >= 15 is 0 Å². The molecule has 1 aromatic carbocycles. The number of hydrogen-bond donors (Lipinski definition) is 1. The Morgan fingerprint density at radius 2 is 2.00 bits per heavy atom. The van der Waals surface area contributed by atoms with Crippen molar-refractivity contribution in [1.29, 1.82) is 0 Å². The number of nitrogens with one attached hydrogen (secondary N) is 1. The van der Waals surface area contributed by atoms with Crippen molar-refractivity contribution in [3.63, 3.8) is 0 Å². The highest BCUT2D eigenvalue weighted by molar-refractivity contribution is 7.14. The predicted molar refractivity (Wildman–Crippen MR) is 86.3 cm³/mol. The van der Waals surface area contributed by atoms with Gasteiger partial charge in [-0.25, -0.2) is 0 Å². The van der Waals surface area contributed by atoms with Crippen molar-refractivity contribution in [3.8, 4) is 10.6 Å². The van der Waals surface area contributed by atoms with E-state index in [0.29, 0.717) is 6.04 Å². The Labute approximate surface area is 125 Å². The van der Waals surface area contributed by atoms with Crippen LogP contribution in [0.2, 0.25) is 0 Å². The summed E-state index contributed by atoms with van der Waals surface area (Å²) in [6, 6.07) is 7.03. The van der Waals surface area contributed by atoms with Gasteiger partial charge < -0.3 is 5.32 Å². The van der Waals surface area contributed by atoms with Crippen LogP contribution in [0.15, 0.2) is 18.2 Å². The lowest BCUT2D eigenvalue weighted by Crippen LogP contribution is -2.23. The smallest absolute Gasteiger partial charge is 0.148 e. The molecule has 3 nitrogen and oxygen atoms in total. The summed E-state index contributed by atoms with van der Waals surface area (Å²) in [6.45, 7) is 9.62. The summed E-state index contributed by atoms with van der Waals surface area (Å²) in [5.74, 6) is 0. The van der Waals surface area contributed by atoms with Gasteiger partial charge in [0, 0.05) is 18.0 Å². The van der Waals surface area contributed by atoms with Gasteiger partial charge in [0.1, 0.15) is 10.0 Å². The van der Waals surface area contributed by atoms with Crippen LogP contribution in [0, 0.1) is 13.8 Å². The zero-order valence-corrected chi connectivity index (χ0v) is 13.5. The second-order valence-corrected chi connectivity index (χ2v) is 6.59. The number of hydrogen-bond acceptors (Lipinski definition) is 4. The lowest BCUT2D eigenvalue weighted by Gasteiger charge is -2.05. The zero-order chi connectivity index (χ0) is 14.5. The summed E-state index contributed by atoms with van der Waals surface area (Å²) >= 11 is 1.72. The first kappa shape index (κ1) is 15.1. The molecule has 0 amide bonds. The van der Waals surface area contributed by atoms with Crippen molar-refractivity contribution >= 4 is 11.3 Å². The van der Waals surface area contributed by atoms with E-state index < -0.39 is 0 Å². The van der Waals surface area contributed by atoms with Gasteiger partial charge in [-0.1, -0.05) is 42.9 Å². The molecular weight excluding hydrogens is 266 g/mol. The molecule has 2 rings (SSSR count). The predicted octanol–water partition coefficient (Wildman–Crippen LogP) is 3.75. The van der Waals surface area contributed by atoms with E-state index in [0.717, 1.165) is 29.4 Å². The van der Waals surface area contributed by atoms with Crippen LogP contribution in [0.25, 0.3) is 10.6 Å². The van der Waals surface area contributed by atoms with E-state index in [-0.39, 0.29) is 0 Å². The maximum absolute atomic E-state index is 4.35. The van der Waals surface area contributed by atoms with Crippen molar-refractivity contribution in [2.75, 3.05) is 6.54 Å². The molecule has 0 aliphatic rings. The SMILES string of the molecule is Cc1ccc(C)c(-c2nnc(CCCNC(C)C)s2)c1. The molecule has 1 aromatic heterocycles. The number of rotatable bonds is 6. The van der Waals surface area contributed by atoms with E-state index in [1.54, 1.807) is 11.3 Å². The van der Waals surface area contributed by atoms with Crippen LogP contribution in [0.5, 0.6) is 0 Å². The molecule has 0 saturated heterocycles. The van der Waals surface area contributed by atoms with Crippen molar-refractivity contribution < 1.29 is 0 Å². The van der Waals surface area contributed by atoms with Gasteiger partial charge in [-0.3, -0.25) is 0 Å². The fourth-order valence-electron chi connectivity index (χ4n) is 2.06. The first-order valence-electron chi connectivity index (χ1n) is 7.19. The number of nitrogens with zero attached hydrogens (tertiary/aromatic N) is 2. The highest BCUT2D eigenvalue weighted by Crippen LogP contribution is 2.27. The molecule has 0 aliphatic carbocycles. The number of aryl methyl sites for hydroxylation is 3. The topological polar surface area (TPSA) is 37.8 Å². The average Bonchev–Trinajstić information content (AvgIpc) is 2.86. The van der Waals surface area contributed by atoms with Gasteiger partial charge in [0.15, 0.2) is 0 Å². The summed E-state index contributed by atoms with van der Waals surface area (Å²) in [7, 11) is 0. The van der Waals surface area contributed by atoms with E-state index in [4.69, 9.17) is 0 Å². The Hall–Kier alpha value is -1.26. The quantitative estimate of drug-likeness (QED) is 0.823. The molecule has 0 radical (unpaired) electrons. The monoisotopic (exact) mass is 289 g/mol. The third-order valence-electron chi connectivity index (χ3n) is 3.21. The Morgan fingerprint density at radius 3 is 2.75 bits per heavy atom. The molecule has 108 valence electrons. The average molecular weight is 289 g/mol. The minimum atomic E-state index is 0.551. The maximum Gasteiger partial charge on any atom is 0.148 e. The van der Waals surface area contributed by atoms with Gasteiger partial charge in [0.25, 0.3) is 0 Å². The molecule has 1 heterocycles. The molecule has 2 aromatic rings. The van der Waals surface area contributed by atoms with Crippen LogP contribution in [-0.4, -0.2) is 22.8 Å².